The highest BCUT2D eigenvalue weighted by Crippen LogP contribution is 2.31. The van der Waals surface area contributed by atoms with E-state index in [1.807, 2.05) is 0 Å². The average molecular weight is 366 g/mol. The maximum atomic E-state index is 12.7. The van der Waals surface area contributed by atoms with Gasteiger partial charge in [-0.1, -0.05) is 0 Å². The summed E-state index contributed by atoms with van der Waals surface area (Å²) in [6.45, 7) is 0. The van der Waals surface area contributed by atoms with E-state index in [0.717, 1.165) is 24.3 Å². The fourth-order valence-corrected chi connectivity index (χ4v) is 2.14. The first-order chi connectivity index (χ1) is 12.3. The Morgan fingerprint density at radius 1 is 1.31 bits per heavy atom. The van der Waals surface area contributed by atoms with Crippen LogP contribution in [0.5, 0.6) is 0 Å². The molecule has 0 aliphatic rings. The number of alkyl halides is 3. The number of nitrogens with one attached hydrogen (secondary N) is 1. The van der Waals surface area contributed by atoms with Crippen molar-refractivity contribution < 1.29 is 27.3 Å². The molecule has 134 valence electrons. The number of imidazole rings is 1. The number of furan rings is 1. The molecule has 1 N–H and O–H groups in total. The predicted octanol–water partition coefficient (Wildman–Crippen LogP) is 3.41. The largest absolute Gasteiger partial charge is 0.433 e. The normalized spacial score (nSPS) is 12.0. The Hall–Kier alpha value is -3.63. The van der Waals surface area contributed by atoms with E-state index in [0.29, 0.717) is 5.52 Å². The van der Waals surface area contributed by atoms with Crippen molar-refractivity contribution in [3.05, 3.63) is 64.3 Å². The van der Waals surface area contributed by atoms with Crippen LogP contribution < -0.4 is 5.32 Å². The van der Waals surface area contributed by atoms with Gasteiger partial charge in [-0.05, 0) is 24.3 Å². The number of carbonyl (C=O) groups is 1. The number of carbonyl (C=O) groups excluding carboxylic acids is 1. The summed E-state index contributed by atoms with van der Waals surface area (Å²) >= 11 is 0. The minimum Gasteiger partial charge on any atom is -0.395 e. The molecule has 0 radical (unpaired) electrons. The molecular weight excluding hydrogens is 357 g/mol. The number of rotatable bonds is 4. The van der Waals surface area contributed by atoms with Crippen LogP contribution in [0.3, 0.4) is 0 Å². The van der Waals surface area contributed by atoms with Crippen LogP contribution in [0.1, 0.15) is 16.1 Å². The van der Waals surface area contributed by atoms with Gasteiger partial charge in [-0.2, -0.15) is 13.2 Å². The van der Waals surface area contributed by atoms with Gasteiger partial charge in [0.25, 0.3) is 5.91 Å². The summed E-state index contributed by atoms with van der Waals surface area (Å²) in [5, 5.41) is 12.8. The predicted molar refractivity (Wildman–Crippen MR) is 82.9 cm³/mol. The molecule has 26 heavy (non-hydrogen) atoms. The summed E-state index contributed by atoms with van der Waals surface area (Å²) in [6, 6.07) is 5.29. The molecule has 2 aromatic heterocycles. The molecule has 0 bridgehead atoms. The van der Waals surface area contributed by atoms with Gasteiger partial charge in [0.15, 0.2) is 5.76 Å². The van der Waals surface area contributed by atoms with E-state index in [1.165, 1.54) is 29.4 Å². The summed E-state index contributed by atoms with van der Waals surface area (Å²) in [7, 11) is 0. The second kappa shape index (κ2) is 6.35. The Kier molecular flexibility index (Phi) is 4.20. The molecule has 3 aromatic rings. The number of amides is 1. The molecule has 0 atom stereocenters. The third-order valence-corrected chi connectivity index (χ3v) is 3.35. The van der Waals surface area contributed by atoms with Crippen molar-refractivity contribution in [1.82, 2.24) is 14.9 Å². The quantitative estimate of drug-likeness (QED) is 0.563. The lowest BCUT2D eigenvalue weighted by Crippen LogP contribution is -2.16. The summed E-state index contributed by atoms with van der Waals surface area (Å²) in [6.07, 6.45) is -0.619. The van der Waals surface area contributed by atoms with E-state index in [-0.39, 0.29) is 11.3 Å². The van der Waals surface area contributed by atoms with Gasteiger partial charge in [0.05, 0.1) is 29.0 Å². The molecule has 8 nitrogen and oxygen atoms in total. The van der Waals surface area contributed by atoms with Crippen molar-refractivity contribution in [2.45, 2.75) is 6.18 Å². The fraction of sp³-hybridized carbons (Fsp3) is 0.0667. The van der Waals surface area contributed by atoms with Gasteiger partial charge >= 0.3 is 12.1 Å². The monoisotopic (exact) mass is 366 g/mol. The average Bonchev–Trinajstić information content (AvgIpc) is 3.21. The molecule has 0 saturated carbocycles. The maximum Gasteiger partial charge on any atom is 0.433 e. The molecule has 1 aromatic carbocycles. The summed E-state index contributed by atoms with van der Waals surface area (Å²) < 4.78 is 44.2. The molecule has 0 fully saturated rings. The molecule has 1 amide bonds. The Morgan fingerprint density at radius 2 is 2.08 bits per heavy atom. The zero-order chi connectivity index (χ0) is 18.9. The molecule has 0 saturated heterocycles. The van der Waals surface area contributed by atoms with Crippen LogP contribution in [0, 0.1) is 10.1 Å². The number of halogens is 3. The topological polar surface area (TPSA) is 103 Å². The zero-order valence-electron chi connectivity index (χ0n) is 12.7. The Morgan fingerprint density at radius 3 is 2.73 bits per heavy atom. The van der Waals surface area contributed by atoms with E-state index in [1.54, 1.807) is 0 Å². The molecule has 11 heteroatoms. The number of nitro groups is 1. The van der Waals surface area contributed by atoms with Crippen LogP contribution in [0.2, 0.25) is 0 Å². The second-order valence-electron chi connectivity index (χ2n) is 5.04. The number of benzene rings is 1. The summed E-state index contributed by atoms with van der Waals surface area (Å²) in [5.41, 5.74) is -0.276. The molecule has 0 spiro atoms. The van der Waals surface area contributed by atoms with E-state index in [9.17, 15) is 28.1 Å². The van der Waals surface area contributed by atoms with Crippen molar-refractivity contribution in [2.24, 2.45) is 0 Å². The Bertz CT molecular complexity index is 1020. The minimum absolute atomic E-state index is 0.137. The maximum absolute atomic E-state index is 12.7. The van der Waals surface area contributed by atoms with Crippen LogP contribution in [0.4, 0.5) is 19.1 Å². The first-order valence-corrected chi connectivity index (χ1v) is 7.01. The Balaban J connectivity index is 1.74. The summed E-state index contributed by atoms with van der Waals surface area (Å²) in [5.74, 6) is -1.55. The highest BCUT2D eigenvalue weighted by atomic mass is 19.4. The minimum atomic E-state index is -4.46. The Labute approximate surface area is 142 Å². The molecule has 2 heterocycles. The van der Waals surface area contributed by atoms with Gasteiger partial charge in [0.1, 0.15) is 4.92 Å². The number of nitrogens with zero attached hydrogens (tertiary/aromatic N) is 3. The lowest BCUT2D eigenvalue weighted by molar-refractivity contribution is -0.402. The molecule has 0 aliphatic heterocycles. The smallest absolute Gasteiger partial charge is 0.395 e. The van der Waals surface area contributed by atoms with Crippen LogP contribution in [0.15, 0.2) is 47.3 Å². The van der Waals surface area contributed by atoms with Crippen molar-refractivity contribution >= 4 is 29.0 Å². The van der Waals surface area contributed by atoms with Gasteiger partial charge in [0, 0.05) is 12.4 Å². The number of hydrogen-bond donors (Lipinski definition) is 1. The zero-order valence-corrected chi connectivity index (χ0v) is 12.7. The van der Waals surface area contributed by atoms with E-state index in [4.69, 9.17) is 4.42 Å². The van der Waals surface area contributed by atoms with Crippen LogP contribution in [-0.4, -0.2) is 20.4 Å². The molecular formula is C15H9F3N4O4. The second-order valence-corrected chi connectivity index (χ2v) is 5.04. The standard InChI is InChI=1S/C15H9F3N4O4/c16-15(17,18)9-1-2-11-10(7-9)20-8-21(11)6-5-19-14(23)12-3-4-13(26-12)22(24)25/h1-8H,(H,19,23)/b6-5+. The highest BCUT2D eigenvalue weighted by Gasteiger charge is 2.30. The van der Waals surface area contributed by atoms with E-state index < -0.39 is 28.5 Å². The number of aromatic nitrogens is 2. The third-order valence-electron chi connectivity index (χ3n) is 3.35. The van der Waals surface area contributed by atoms with Gasteiger partial charge in [-0.3, -0.25) is 14.9 Å². The SMILES string of the molecule is O=C(N/C=C/n1cnc2cc(C(F)(F)F)ccc21)c1ccc([N+](=O)[O-])o1. The lowest BCUT2D eigenvalue weighted by atomic mass is 10.2. The van der Waals surface area contributed by atoms with Gasteiger partial charge in [-0.15, -0.1) is 0 Å². The van der Waals surface area contributed by atoms with Crippen LogP contribution >= 0.6 is 0 Å². The summed E-state index contributed by atoms with van der Waals surface area (Å²) in [4.78, 5) is 25.4. The van der Waals surface area contributed by atoms with Gasteiger partial charge < -0.3 is 14.3 Å². The third kappa shape index (κ3) is 3.41. The molecule has 3 rings (SSSR count). The molecule has 0 unspecified atom stereocenters. The van der Waals surface area contributed by atoms with Crippen LogP contribution in [0.25, 0.3) is 17.2 Å². The van der Waals surface area contributed by atoms with E-state index >= 15 is 0 Å². The number of hydrogen-bond acceptors (Lipinski definition) is 5. The van der Waals surface area contributed by atoms with Crippen molar-refractivity contribution in [3.63, 3.8) is 0 Å². The van der Waals surface area contributed by atoms with Crippen LogP contribution in [-0.2, 0) is 6.18 Å². The van der Waals surface area contributed by atoms with Crippen molar-refractivity contribution in [2.75, 3.05) is 0 Å². The first-order valence-electron chi connectivity index (χ1n) is 7.01. The van der Waals surface area contributed by atoms with Crippen molar-refractivity contribution in [3.8, 4) is 0 Å². The van der Waals surface area contributed by atoms with E-state index in [2.05, 4.69) is 10.3 Å². The van der Waals surface area contributed by atoms with Crippen molar-refractivity contribution in [1.29, 1.82) is 0 Å². The first kappa shape index (κ1) is 17.2. The van der Waals surface area contributed by atoms with Gasteiger partial charge in [-0.25, -0.2) is 4.98 Å². The lowest BCUT2D eigenvalue weighted by Gasteiger charge is -2.06. The number of fused-ring (bicyclic) bond motifs is 1. The van der Waals surface area contributed by atoms with Gasteiger partial charge in [0.2, 0.25) is 0 Å². The fourth-order valence-electron chi connectivity index (χ4n) is 2.14. The molecule has 0 aliphatic carbocycles. The highest BCUT2D eigenvalue weighted by molar-refractivity contribution is 5.92.